The number of carboxylic acids is 1. The Balaban J connectivity index is 1.70. The molecule has 0 spiro atoms. The number of carbonyl (C=O) groups is 1. The van der Waals surface area contributed by atoms with Crippen molar-refractivity contribution in [1.82, 2.24) is 0 Å². The molecular weight excluding hydrogens is 240 g/mol. The van der Waals surface area contributed by atoms with E-state index in [-0.39, 0.29) is 4.88 Å². The van der Waals surface area contributed by atoms with Gasteiger partial charge in [-0.05, 0) is 37.1 Å². The van der Waals surface area contributed by atoms with Gasteiger partial charge < -0.3 is 14.6 Å². The zero-order valence-electron chi connectivity index (χ0n) is 9.55. The maximum atomic E-state index is 10.8. The summed E-state index contributed by atoms with van der Waals surface area (Å²) in [5.74, 6) is -0.441. The summed E-state index contributed by atoms with van der Waals surface area (Å²) in [6.07, 6.45) is 4.56. The minimum atomic E-state index is -0.922. The summed E-state index contributed by atoms with van der Waals surface area (Å²) in [5, 5.41) is 10.6. The van der Waals surface area contributed by atoms with Crippen LogP contribution in [0.25, 0.3) is 0 Å². The molecule has 0 saturated carbocycles. The van der Waals surface area contributed by atoms with E-state index in [1.807, 2.05) is 0 Å². The van der Waals surface area contributed by atoms with Gasteiger partial charge in [0.2, 0.25) is 0 Å². The van der Waals surface area contributed by atoms with Crippen molar-refractivity contribution in [3.05, 3.63) is 16.3 Å². The molecule has 0 radical (unpaired) electrons. The van der Waals surface area contributed by atoms with Crippen LogP contribution in [0.4, 0.5) is 0 Å². The fourth-order valence-electron chi connectivity index (χ4n) is 1.93. The van der Waals surface area contributed by atoms with Crippen LogP contribution in [0.2, 0.25) is 0 Å². The second kappa shape index (κ2) is 6.02. The molecule has 1 fully saturated rings. The van der Waals surface area contributed by atoms with Gasteiger partial charge in [0.25, 0.3) is 0 Å². The molecule has 0 aromatic carbocycles. The van der Waals surface area contributed by atoms with Gasteiger partial charge in [-0.25, -0.2) is 4.79 Å². The molecule has 2 rings (SSSR count). The summed E-state index contributed by atoms with van der Waals surface area (Å²) in [6.45, 7) is 1.43. The molecule has 94 valence electrons. The van der Waals surface area contributed by atoms with E-state index in [4.69, 9.17) is 14.6 Å². The smallest absolute Gasteiger partial charge is 0.349 e. The van der Waals surface area contributed by atoms with E-state index in [0.29, 0.717) is 18.5 Å². The van der Waals surface area contributed by atoms with Crippen LogP contribution < -0.4 is 4.74 Å². The Morgan fingerprint density at radius 1 is 1.65 bits per heavy atom. The maximum Gasteiger partial charge on any atom is 0.349 e. The summed E-state index contributed by atoms with van der Waals surface area (Å²) in [7, 11) is 0. The van der Waals surface area contributed by atoms with Crippen molar-refractivity contribution < 1.29 is 19.4 Å². The first-order chi connectivity index (χ1) is 8.27. The Morgan fingerprint density at radius 3 is 3.24 bits per heavy atom. The largest absolute Gasteiger partial charge is 0.492 e. The Morgan fingerprint density at radius 2 is 2.53 bits per heavy atom. The van der Waals surface area contributed by atoms with E-state index in [1.165, 1.54) is 11.3 Å². The number of hydrogen-bond acceptors (Lipinski definition) is 4. The average molecular weight is 256 g/mol. The van der Waals surface area contributed by atoms with E-state index in [9.17, 15) is 4.79 Å². The zero-order valence-corrected chi connectivity index (χ0v) is 10.4. The van der Waals surface area contributed by atoms with Crippen LogP contribution in [0.3, 0.4) is 0 Å². The highest BCUT2D eigenvalue weighted by Gasteiger charge is 2.16. The van der Waals surface area contributed by atoms with Gasteiger partial charge in [-0.3, -0.25) is 0 Å². The highest BCUT2D eigenvalue weighted by atomic mass is 32.1. The summed E-state index contributed by atoms with van der Waals surface area (Å²) in [5.41, 5.74) is 0. The van der Waals surface area contributed by atoms with Gasteiger partial charge in [0.1, 0.15) is 5.75 Å². The van der Waals surface area contributed by atoms with E-state index in [1.54, 1.807) is 11.4 Å². The lowest BCUT2D eigenvalue weighted by Gasteiger charge is -2.09. The lowest BCUT2D eigenvalue weighted by molar-refractivity contribution is 0.0696. The lowest BCUT2D eigenvalue weighted by Crippen LogP contribution is -2.08. The molecule has 0 amide bonds. The monoisotopic (exact) mass is 256 g/mol. The highest BCUT2D eigenvalue weighted by Crippen LogP contribution is 2.25. The SMILES string of the molecule is O=C(O)c1sccc1OCCCC1CCCO1. The molecule has 1 aromatic heterocycles. The van der Waals surface area contributed by atoms with Crippen molar-refractivity contribution in [2.24, 2.45) is 0 Å². The third-order valence-corrected chi connectivity index (χ3v) is 3.66. The summed E-state index contributed by atoms with van der Waals surface area (Å²) >= 11 is 1.19. The molecule has 1 aliphatic heterocycles. The van der Waals surface area contributed by atoms with Crippen molar-refractivity contribution in [1.29, 1.82) is 0 Å². The number of thiophene rings is 1. The molecule has 1 saturated heterocycles. The molecule has 1 aromatic rings. The normalized spacial score (nSPS) is 19.4. The average Bonchev–Trinajstić information content (AvgIpc) is 2.95. The quantitative estimate of drug-likeness (QED) is 0.795. The second-order valence-corrected chi connectivity index (χ2v) is 4.96. The Labute approximate surface area is 104 Å². The van der Waals surface area contributed by atoms with Crippen LogP contribution in [0.1, 0.15) is 35.4 Å². The molecule has 4 nitrogen and oxygen atoms in total. The molecule has 2 heterocycles. The van der Waals surface area contributed by atoms with Crippen molar-refractivity contribution in [3.63, 3.8) is 0 Å². The van der Waals surface area contributed by atoms with E-state index in [2.05, 4.69) is 0 Å². The van der Waals surface area contributed by atoms with Gasteiger partial charge >= 0.3 is 5.97 Å². The van der Waals surface area contributed by atoms with Gasteiger partial charge in [-0.15, -0.1) is 11.3 Å². The number of ether oxygens (including phenoxy) is 2. The van der Waals surface area contributed by atoms with Crippen LogP contribution in [0, 0.1) is 0 Å². The van der Waals surface area contributed by atoms with Crippen LogP contribution in [-0.2, 0) is 4.74 Å². The summed E-state index contributed by atoms with van der Waals surface area (Å²) < 4.78 is 11.0. The van der Waals surface area contributed by atoms with Crippen molar-refractivity contribution in [2.75, 3.05) is 13.2 Å². The minimum absolute atomic E-state index is 0.280. The molecule has 1 unspecified atom stereocenters. The molecule has 1 atom stereocenters. The fourth-order valence-corrected chi connectivity index (χ4v) is 2.60. The first-order valence-electron chi connectivity index (χ1n) is 5.82. The molecule has 1 aliphatic rings. The van der Waals surface area contributed by atoms with Gasteiger partial charge in [-0.1, -0.05) is 0 Å². The van der Waals surface area contributed by atoms with E-state index in [0.717, 1.165) is 32.3 Å². The first-order valence-corrected chi connectivity index (χ1v) is 6.70. The van der Waals surface area contributed by atoms with Gasteiger partial charge in [0.15, 0.2) is 4.88 Å². The van der Waals surface area contributed by atoms with Crippen LogP contribution in [0.5, 0.6) is 5.75 Å². The predicted octanol–water partition coefficient (Wildman–Crippen LogP) is 2.78. The number of aromatic carboxylic acids is 1. The number of rotatable bonds is 6. The molecule has 0 aliphatic carbocycles. The molecule has 5 heteroatoms. The van der Waals surface area contributed by atoms with Gasteiger partial charge in [0, 0.05) is 6.61 Å². The van der Waals surface area contributed by atoms with Gasteiger partial charge in [0.05, 0.1) is 12.7 Å². The van der Waals surface area contributed by atoms with Crippen molar-refractivity contribution >= 4 is 17.3 Å². The van der Waals surface area contributed by atoms with Crippen molar-refractivity contribution in [2.45, 2.75) is 31.8 Å². The third kappa shape index (κ3) is 3.44. The van der Waals surface area contributed by atoms with E-state index >= 15 is 0 Å². The summed E-state index contributed by atoms with van der Waals surface area (Å²) in [6, 6.07) is 1.71. The number of hydrogen-bond donors (Lipinski definition) is 1. The van der Waals surface area contributed by atoms with Crippen LogP contribution in [-0.4, -0.2) is 30.4 Å². The van der Waals surface area contributed by atoms with Gasteiger partial charge in [-0.2, -0.15) is 0 Å². The second-order valence-electron chi connectivity index (χ2n) is 4.04. The van der Waals surface area contributed by atoms with Crippen LogP contribution >= 0.6 is 11.3 Å². The third-order valence-electron chi connectivity index (χ3n) is 2.78. The Kier molecular flexibility index (Phi) is 4.39. The first kappa shape index (κ1) is 12.4. The standard InChI is InChI=1S/C12H16O4S/c13-12(14)11-10(5-8-17-11)16-7-2-4-9-3-1-6-15-9/h5,8-9H,1-4,6-7H2,(H,13,14). The van der Waals surface area contributed by atoms with E-state index < -0.39 is 5.97 Å². The van der Waals surface area contributed by atoms with Crippen molar-refractivity contribution in [3.8, 4) is 5.75 Å². The number of carboxylic acid groups (broad SMARTS) is 1. The molecule has 1 N–H and O–H groups in total. The maximum absolute atomic E-state index is 10.8. The predicted molar refractivity (Wildman–Crippen MR) is 65.0 cm³/mol. The topological polar surface area (TPSA) is 55.8 Å². The molecule has 0 bridgehead atoms. The molecule has 17 heavy (non-hydrogen) atoms. The summed E-state index contributed by atoms with van der Waals surface area (Å²) in [4.78, 5) is 11.1. The minimum Gasteiger partial charge on any atom is -0.492 e. The lowest BCUT2D eigenvalue weighted by atomic mass is 10.1. The Bertz CT molecular complexity index is 368. The molecular formula is C12H16O4S. The fraction of sp³-hybridized carbons (Fsp3) is 0.583. The Hall–Kier alpha value is -1.07. The highest BCUT2D eigenvalue weighted by molar-refractivity contribution is 7.12. The zero-order chi connectivity index (χ0) is 12.1. The van der Waals surface area contributed by atoms with Crippen LogP contribution in [0.15, 0.2) is 11.4 Å².